The van der Waals surface area contributed by atoms with Crippen LogP contribution in [-0.2, 0) is 16.1 Å². The zero-order valence-electron chi connectivity index (χ0n) is 15.0. The lowest BCUT2D eigenvalue weighted by Gasteiger charge is -2.09. The highest BCUT2D eigenvalue weighted by molar-refractivity contribution is 5.92. The highest BCUT2D eigenvalue weighted by atomic mass is 19.1. The quantitative estimate of drug-likeness (QED) is 0.828. The SMILES string of the molecule is CC(C)C(=O)Nc1ccc(CNC(=O)C2CC2c2ccccc2F)cc1. The van der Waals surface area contributed by atoms with E-state index in [1.165, 1.54) is 6.07 Å². The summed E-state index contributed by atoms with van der Waals surface area (Å²) in [5.74, 6) is -0.572. The third-order valence-electron chi connectivity index (χ3n) is 4.64. The molecule has 0 saturated heterocycles. The Hall–Kier alpha value is -2.69. The van der Waals surface area contributed by atoms with Gasteiger partial charge in [-0.05, 0) is 41.7 Å². The van der Waals surface area contributed by atoms with Gasteiger partial charge in [-0.3, -0.25) is 9.59 Å². The van der Waals surface area contributed by atoms with Crippen molar-refractivity contribution >= 4 is 17.5 Å². The maximum Gasteiger partial charge on any atom is 0.226 e. The number of hydrogen-bond acceptors (Lipinski definition) is 2. The molecule has 0 heterocycles. The molecule has 2 N–H and O–H groups in total. The number of anilines is 1. The summed E-state index contributed by atoms with van der Waals surface area (Å²) >= 11 is 0. The molecule has 26 heavy (non-hydrogen) atoms. The lowest BCUT2D eigenvalue weighted by atomic mass is 10.1. The summed E-state index contributed by atoms with van der Waals surface area (Å²) in [6.07, 6.45) is 0.687. The Morgan fingerprint density at radius 3 is 2.46 bits per heavy atom. The van der Waals surface area contributed by atoms with Gasteiger partial charge in [-0.2, -0.15) is 0 Å². The van der Waals surface area contributed by atoms with Crippen molar-refractivity contribution in [3.8, 4) is 0 Å². The third kappa shape index (κ3) is 4.28. The Bertz CT molecular complexity index is 802. The smallest absolute Gasteiger partial charge is 0.226 e. The van der Waals surface area contributed by atoms with Gasteiger partial charge >= 0.3 is 0 Å². The Morgan fingerprint density at radius 2 is 1.81 bits per heavy atom. The second kappa shape index (κ2) is 7.68. The minimum atomic E-state index is -0.244. The van der Waals surface area contributed by atoms with Crippen LogP contribution in [0.15, 0.2) is 48.5 Å². The van der Waals surface area contributed by atoms with Gasteiger partial charge in [0.2, 0.25) is 11.8 Å². The molecule has 2 aromatic rings. The molecule has 136 valence electrons. The van der Waals surface area contributed by atoms with E-state index in [0.29, 0.717) is 18.5 Å². The summed E-state index contributed by atoms with van der Waals surface area (Å²) in [6.45, 7) is 4.09. The van der Waals surface area contributed by atoms with E-state index < -0.39 is 0 Å². The van der Waals surface area contributed by atoms with Crippen LogP contribution in [-0.4, -0.2) is 11.8 Å². The first-order chi connectivity index (χ1) is 12.5. The molecule has 5 heteroatoms. The van der Waals surface area contributed by atoms with Crippen LogP contribution in [0.2, 0.25) is 0 Å². The van der Waals surface area contributed by atoms with Gasteiger partial charge in [-0.1, -0.05) is 44.2 Å². The number of benzene rings is 2. The van der Waals surface area contributed by atoms with Crippen LogP contribution in [0.1, 0.15) is 37.3 Å². The molecule has 1 aliphatic carbocycles. The molecule has 0 aromatic heterocycles. The summed E-state index contributed by atoms with van der Waals surface area (Å²) in [5.41, 5.74) is 2.31. The monoisotopic (exact) mass is 354 g/mol. The van der Waals surface area contributed by atoms with Crippen LogP contribution in [0.25, 0.3) is 0 Å². The normalized spacial score (nSPS) is 18.5. The number of carbonyl (C=O) groups is 2. The maximum atomic E-state index is 13.8. The molecule has 0 radical (unpaired) electrons. The molecule has 1 aliphatic rings. The minimum absolute atomic E-state index is 0.0233. The fourth-order valence-electron chi connectivity index (χ4n) is 2.92. The third-order valence-corrected chi connectivity index (χ3v) is 4.64. The van der Waals surface area contributed by atoms with Gasteiger partial charge in [0.1, 0.15) is 5.82 Å². The summed E-state index contributed by atoms with van der Waals surface area (Å²) in [7, 11) is 0. The summed E-state index contributed by atoms with van der Waals surface area (Å²) in [6, 6.07) is 14.0. The lowest BCUT2D eigenvalue weighted by molar-refractivity contribution is -0.122. The van der Waals surface area contributed by atoms with Crippen LogP contribution in [0.5, 0.6) is 0 Å². The first-order valence-electron chi connectivity index (χ1n) is 8.87. The van der Waals surface area contributed by atoms with E-state index in [4.69, 9.17) is 0 Å². The number of halogens is 1. The van der Waals surface area contributed by atoms with Crippen molar-refractivity contribution in [3.63, 3.8) is 0 Å². The first-order valence-corrected chi connectivity index (χ1v) is 8.87. The molecular formula is C21H23FN2O2. The van der Waals surface area contributed by atoms with Crippen molar-refractivity contribution < 1.29 is 14.0 Å². The molecule has 2 aromatic carbocycles. The minimum Gasteiger partial charge on any atom is -0.352 e. The molecule has 0 bridgehead atoms. The Morgan fingerprint density at radius 1 is 1.12 bits per heavy atom. The molecule has 1 fully saturated rings. The van der Waals surface area contributed by atoms with E-state index in [0.717, 1.165) is 11.3 Å². The lowest BCUT2D eigenvalue weighted by Crippen LogP contribution is -2.25. The molecular weight excluding hydrogens is 331 g/mol. The summed E-state index contributed by atoms with van der Waals surface area (Å²) in [5, 5.41) is 5.74. The highest BCUT2D eigenvalue weighted by Gasteiger charge is 2.44. The molecule has 0 aliphatic heterocycles. The number of amides is 2. The molecule has 1 saturated carbocycles. The van der Waals surface area contributed by atoms with Crippen LogP contribution >= 0.6 is 0 Å². The fraction of sp³-hybridized carbons (Fsp3) is 0.333. The second-order valence-electron chi connectivity index (χ2n) is 7.03. The van der Waals surface area contributed by atoms with Crippen molar-refractivity contribution in [2.24, 2.45) is 11.8 Å². The van der Waals surface area contributed by atoms with E-state index >= 15 is 0 Å². The van der Waals surface area contributed by atoms with E-state index in [2.05, 4.69) is 10.6 Å². The van der Waals surface area contributed by atoms with Gasteiger partial charge in [0, 0.05) is 24.1 Å². The van der Waals surface area contributed by atoms with Crippen molar-refractivity contribution in [1.82, 2.24) is 5.32 Å². The van der Waals surface area contributed by atoms with Gasteiger partial charge < -0.3 is 10.6 Å². The standard InChI is InChI=1S/C21H23FN2O2/c1-13(2)20(25)24-15-9-7-14(8-10-15)12-23-21(26)18-11-17(18)16-5-3-4-6-19(16)22/h3-10,13,17-18H,11-12H2,1-2H3,(H,23,26)(H,24,25). The largest absolute Gasteiger partial charge is 0.352 e. The van der Waals surface area contributed by atoms with Crippen molar-refractivity contribution in [2.45, 2.75) is 32.7 Å². The molecule has 0 spiro atoms. The van der Waals surface area contributed by atoms with Gasteiger partial charge in [-0.15, -0.1) is 0 Å². The molecule has 2 atom stereocenters. The Labute approximate surface area is 152 Å². The zero-order valence-corrected chi connectivity index (χ0v) is 15.0. The van der Waals surface area contributed by atoms with Crippen LogP contribution < -0.4 is 10.6 Å². The van der Waals surface area contributed by atoms with Gasteiger partial charge in [-0.25, -0.2) is 4.39 Å². The first kappa shape index (κ1) is 18.1. The Kier molecular flexibility index (Phi) is 5.35. The van der Waals surface area contributed by atoms with Crippen LogP contribution in [0.3, 0.4) is 0 Å². The van der Waals surface area contributed by atoms with Crippen molar-refractivity contribution in [2.75, 3.05) is 5.32 Å². The van der Waals surface area contributed by atoms with Crippen molar-refractivity contribution in [1.29, 1.82) is 0 Å². The van der Waals surface area contributed by atoms with Gasteiger partial charge in [0.25, 0.3) is 0 Å². The van der Waals surface area contributed by atoms with Gasteiger partial charge in [0.15, 0.2) is 0 Å². The van der Waals surface area contributed by atoms with Crippen LogP contribution in [0, 0.1) is 17.7 Å². The molecule has 3 rings (SSSR count). The number of rotatable bonds is 6. The number of hydrogen-bond donors (Lipinski definition) is 2. The predicted octanol–water partition coefficient (Wildman–Crippen LogP) is 3.84. The molecule has 4 nitrogen and oxygen atoms in total. The fourth-order valence-corrected chi connectivity index (χ4v) is 2.92. The highest BCUT2D eigenvalue weighted by Crippen LogP contribution is 2.48. The average Bonchev–Trinajstić information content (AvgIpc) is 3.42. The number of carbonyl (C=O) groups excluding carboxylic acids is 2. The maximum absolute atomic E-state index is 13.8. The van der Waals surface area contributed by atoms with Gasteiger partial charge in [0.05, 0.1) is 0 Å². The van der Waals surface area contributed by atoms with E-state index in [1.54, 1.807) is 18.2 Å². The van der Waals surface area contributed by atoms with Crippen LogP contribution in [0.4, 0.5) is 10.1 Å². The summed E-state index contributed by atoms with van der Waals surface area (Å²) < 4.78 is 13.8. The topological polar surface area (TPSA) is 58.2 Å². The Balaban J connectivity index is 1.50. The van der Waals surface area contributed by atoms with E-state index in [9.17, 15) is 14.0 Å². The average molecular weight is 354 g/mol. The van der Waals surface area contributed by atoms with Crippen molar-refractivity contribution in [3.05, 3.63) is 65.5 Å². The second-order valence-corrected chi connectivity index (χ2v) is 7.03. The predicted molar refractivity (Wildman–Crippen MR) is 99.0 cm³/mol. The van der Waals surface area contributed by atoms with E-state index in [-0.39, 0.29) is 35.4 Å². The van der Waals surface area contributed by atoms with E-state index in [1.807, 2.05) is 38.1 Å². The summed E-state index contributed by atoms with van der Waals surface area (Å²) in [4.78, 5) is 23.9. The molecule has 2 amide bonds. The zero-order chi connectivity index (χ0) is 18.7. The number of nitrogens with one attached hydrogen (secondary N) is 2. The molecule has 2 unspecified atom stereocenters.